The molecule has 90 valence electrons. The maximum Gasteiger partial charge on any atom is 0.333 e. The lowest BCUT2D eigenvalue weighted by Crippen LogP contribution is -2.11. The number of hydrogen-bond acceptors (Lipinski definition) is 3. The second-order valence-corrected chi connectivity index (χ2v) is 4.84. The van der Waals surface area contributed by atoms with E-state index in [1.54, 1.807) is 0 Å². The number of carbonyl (C=O) groups excluding carboxylic acids is 1. The maximum atomic E-state index is 11.6. The molecule has 3 nitrogen and oxygen atoms in total. The minimum Gasteiger partial charge on any atom is -0.466 e. The van der Waals surface area contributed by atoms with Crippen LogP contribution in [0.5, 0.6) is 0 Å². The van der Waals surface area contributed by atoms with Crippen molar-refractivity contribution in [1.82, 2.24) is 0 Å². The van der Waals surface area contributed by atoms with Crippen LogP contribution in [0, 0.1) is 0 Å². The normalized spacial score (nSPS) is 17.9. The van der Waals surface area contributed by atoms with Crippen LogP contribution in [0.15, 0.2) is 28.2 Å². The Kier molecular flexibility index (Phi) is 3.84. The predicted molar refractivity (Wildman–Crippen MR) is 71.9 cm³/mol. The molecule has 0 bridgehead atoms. The first-order valence-corrected chi connectivity index (χ1v) is 6.32. The molecule has 1 aliphatic heterocycles. The molecule has 1 heterocycles. The molecule has 1 aliphatic rings. The molecule has 0 saturated carbocycles. The first-order chi connectivity index (χ1) is 8.20. The van der Waals surface area contributed by atoms with Gasteiger partial charge in [-0.3, -0.25) is 0 Å². The molecule has 0 fully saturated rings. The third-order valence-corrected chi connectivity index (χ3v) is 3.22. The largest absolute Gasteiger partial charge is 0.466 e. The molecular weight excluding hydrogens is 282 g/mol. The Morgan fingerprint density at radius 2 is 2.29 bits per heavy atom. The van der Waals surface area contributed by atoms with Crippen LogP contribution in [-0.2, 0) is 9.53 Å². The minimum atomic E-state index is -0.238. The van der Waals surface area contributed by atoms with Gasteiger partial charge < -0.3 is 10.1 Å². The van der Waals surface area contributed by atoms with E-state index in [9.17, 15) is 4.79 Å². The van der Waals surface area contributed by atoms with Gasteiger partial charge in [-0.25, -0.2) is 4.79 Å². The van der Waals surface area contributed by atoms with Crippen LogP contribution >= 0.6 is 15.9 Å². The van der Waals surface area contributed by atoms with Crippen LogP contribution in [-0.4, -0.2) is 19.6 Å². The highest BCUT2D eigenvalue weighted by Crippen LogP contribution is 2.26. The highest BCUT2D eigenvalue weighted by molar-refractivity contribution is 9.10. The summed E-state index contributed by atoms with van der Waals surface area (Å²) < 4.78 is 5.79. The van der Waals surface area contributed by atoms with E-state index in [-0.39, 0.29) is 5.97 Å². The Morgan fingerprint density at radius 3 is 3.06 bits per heavy atom. The van der Waals surface area contributed by atoms with Gasteiger partial charge in [0.25, 0.3) is 0 Å². The van der Waals surface area contributed by atoms with Gasteiger partial charge in [0.1, 0.15) is 0 Å². The molecule has 0 atom stereocenters. The van der Waals surface area contributed by atoms with Crippen LogP contribution in [0.1, 0.15) is 18.4 Å². The van der Waals surface area contributed by atoms with Crippen molar-refractivity contribution < 1.29 is 9.53 Å². The van der Waals surface area contributed by atoms with Gasteiger partial charge in [-0.15, -0.1) is 0 Å². The quantitative estimate of drug-likeness (QED) is 0.809. The molecule has 0 amide bonds. The predicted octanol–water partition coefficient (Wildman–Crippen LogP) is 3.21. The van der Waals surface area contributed by atoms with E-state index in [1.165, 1.54) is 7.11 Å². The van der Waals surface area contributed by atoms with Crippen LogP contribution in [0.3, 0.4) is 0 Å². The number of benzene rings is 1. The summed E-state index contributed by atoms with van der Waals surface area (Å²) in [4.78, 5) is 11.6. The van der Waals surface area contributed by atoms with Gasteiger partial charge >= 0.3 is 5.97 Å². The third kappa shape index (κ3) is 2.88. The SMILES string of the molecule is COC(=O)/C1=C/c2cc(Br)ccc2NCCC1. The summed E-state index contributed by atoms with van der Waals surface area (Å²) in [5, 5.41) is 3.35. The van der Waals surface area contributed by atoms with E-state index in [4.69, 9.17) is 4.74 Å². The summed E-state index contributed by atoms with van der Waals surface area (Å²) in [5.41, 5.74) is 2.79. The van der Waals surface area contributed by atoms with Crippen molar-refractivity contribution >= 4 is 33.7 Å². The Labute approximate surface area is 109 Å². The first kappa shape index (κ1) is 12.2. The van der Waals surface area contributed by atoms with Crippen molar-refractivity contribution in [2.75, 3.05) is 19.0 Å². The minimum absolute atomic E-state index is 0.238. The van der Waals surface area contributed by atoms with Gasteiger partial charge in [0.05, 0.1) is 7.11 Å². The number of ether oxygens (including phenoxy) is 1. The number of anilines is 1. The van der Waals surface area contributed by atoms with E-state index < -0.39 is 0 Å². The summed E-state index contributed by atoms with van der Waals surface area (Å²) in [7, 11) is 1.42. The monoisotopic (exact) mass is 295 g/mol. The molecular formula is C13H14BrNO2. The lowest BCUT2D eigenvalue weighted by molar-refractivity contribution is -0.136. The van der Waals surface area contributed by atoms with Crippen molar-refractivity contribution in [3.63, 3.8) is 0 Å². The lowest BCUT2D eigenvalue weighted by Gasteiger charge is -2.15. The average molecular weight is 296 g/mol. The molecule has 0 radical (unpaired) electrons. The van der Waals surface area contributed by atoms with Gasteiger partial charge in [-0.2, -0.15) is 0 Å². The number of halogens is 1. The van der Waals surface area contributed by atoms with Crippen LogP contribution in [0.2, 0.25) is 0 Å². The van der Waals surface area contributed by atoms with Crippen molar-refractivity contribution in [3.8, 4) is 0 Å². The summed E-state index contributed by atoms with van der Waals surface area (Å²) in [6, 6.07) is 5.99. The number of hydrogen-bond donors (Lipinski definition) is 1. The zero-order chi connectivity index (χ0) is 12.3. The topological polar surface area (TPSA) is 38.3 Å². The highest BCUT2D eigenvalue weighted by atomic mass is 79.9. The fourth-order valence-corrected chi connectivity index (χ4v) is 2.25. The fraction of sp³-hybridized carbons (Fsp3) is 0.308. The molecule has 1 N–H and O–H groups in total. The molecule has 0 aromatic heterocycles. The Hall–Kier alpha value is -1.29. The summed E-state index contributed by atoms with van der Waals surface area (Å²) >= 11 is 3.44. The van der Waals surface area contributed by atoms with E-state index in [2.05, 4.69) is 21.2 Å². The van der Waals surface area contributed by atoms with Crippen molar-refractivity contribution in [2.45, 2.75) is 12.8 Å². The molecule has 0 aliphatic carbocycles. The van der Waals surface area contributed by atoms with Gasteiger partial charge in [-0.05, 0) is 42.7 Å². The zero-order valence-electron chi connectivity index (χ0n) is 9.63. The van der Waals surface area contributed by atoms with Crippen LogP contribution < -0.4 is 5.32 Å². The molecule has 0 saturated heterocycles. The molecule has 0 unspecified atom stereocenters. The molecule has 4 heteroatoms. The number of esters is 1. The molecule has 0 spiro atoms. The number of nitrogens with one attached hydrogen (secondary N) is 1. The summed E-state index contributed by atoms with van der Waals surface area (Å²) in [6.07, 6.45) is 3.57. The van der Waals surface area contributed by atoms with Crippen LogP contribution in [0.25, 0.3) is 6.08 Å². The Balaban J connectivity index is 2.43. The second kappa shape index (κ2) is 5.36. The van der Waals surface area contributed by atoms with Crippen molar-refractivity contribution in [2.24, 2.45) is 0 Å². The van der Waals surface area contributed by atoms with Gasteiger partial charge in [0.15, 0.2) is 0 Å². The van der Waals surface area contributed by atoms with Crippen molar-refractivity contribution in [1.29, 1.82) is 0 Å². The number of methoxy groups -OCH3 is 1. The zero-order valence-corrected chi connectivity index (χ0v) is 11.2. The van der Waals surface area contributed by atoms with Gasteiger partial charge in [0, 0.05) is 22.3 Å². The smallest absolute Gasteiger partial charge is 0.333 e. The first-order valence-electron chi connectivity index (χ1n) is 5.53. The average Bonchev–Trinajstić information content (AvgIpc) is 2.30. The van der Waals surface area contributed by atoms with Crippen molar-refractivity contribution in [3.05, 3.63) is 33.8 Å². The number of rotatable bonds is 1. The highest BCUT2D eigenvalue weighted by Gasteiger charge is 2.13. The van der Waals surface area contributed by atoms with E-state index in [1.807, 2.05) is 24.3 Å². The van der Waals surface area contributed by atoms with E-state index in [0.29, 0.717) is 0 Å². The second-order valence-electron chi connectivity index (χ2n) is 3.92. The Morgan fingerprint density at radius 1 is 1.47 bits per heavy atom. The fourth-order valence-electron chi connectivity index (χ4n) is 1.87. The third-order valence-electron chi connectivity index (χ3n) is 2.73. The molecule has 17 heavy (non-hydrogen) atoms. The van der Waals surface area contributed by atoms with E-state index in [0.717, 1.165) is 40.7 Å². The summed E-state index contributed by atoms with van der Waals surface area (Å²) in [5.74, 6) is -0.238. The summed E-state index contributed by atoms with van der Waals surface area (Å²) in [6.45, 7) is 0.864. The number of fused-ring (bicyclic) bond motifs is 1. The molecule has 2 rings (SSSR count). The van der Waals surface area contributed by atoms with Gasteiger partial charge in [-0.1, -0.05) is 15.9 Å². The molecule has 1 aromatic rings. The maximum absolute atomic E-state index is 11.6. The number of carbonyl (C=O) groups is 1. The van der Waals surface area contributed by atoms with E-state index >= 15 is 0 Å². The lowest BCUT2D eigenvalue weighted by atomic mass is 10.0. The molecule has 1 aromatic carbocycles. The Bertz CT molecular complexity index is 468. The van der Waals surface area contributed by atoms with Gasteiger partial charge in [0.2, 0.25) is 0 Å². The standard InChI is InChI=1S/C13H14BrNO2/c1-17-13(16)9-3-2-6-15-12-5-4-11(14)8-10(12)7-9/h4-5,7-8,15H,2-3,6H2,1H3/b9-7+. The van der Waals surface area contributed by atoms with Crippen LogP contribution in [0.4, 0.5) is 5.69 Å².